The van der Waals surface area contributed by atoms with Crippen LogP contribution in [0.5, 0.6) is 5.75 Å². The quantitative estimate of drug-likeness (QED) is 0.799. The van der Waals surface area contributed by atoms with E-state index in [1.807, 2.05) is 30.3 Å². The van der Waals surface area contributed by atoms with Crippen LogP contribution in [0.4, 0.5) is 4.39 Å². The fourth-order valence-corrected chi connectivity index (χ4v) is 2.74. The lowest BCUT2D eigenvalue weighted by Gasteiger charge is -2.28. The second-order valence-corrected chi connectivity index (χ2v) is 6.11. The largest absolute Gasteiger partial charge is 0.460 e. The maximum Gasteiger partial charge on any atom is 0.309 e. The number of carbonyl (C=O) groups excluding carboxylic acids is 1. The van der Waals surface area contributed by atoms with Crippen LogP contribution in [0.1, 0.15) is 35.8 Å². The fourth-order valence-electron chi connectivity index (χ4n) is 2.74. The van der Waals surface area contributed by atoms with Crippen molar-refractivity contribution in [2.75, 3.05) is 0 Å². The number of fused-ring (bicyclic) bond motifs is 1. The van der Waals surface area contributed by atoms with E-state index in [-0.39, 0.29) is 25.1 Å². The molecule has 2 aromatic carbocycles. The Hall–Kier alpha value is -2.40. The number of ether oxygens (including phenoxy) is 3. The number of esters is 1. The van der Waals surface area contributed by atoms with Crippen molar-refractivity contribution in [2.45, 2.75) is 32.3 Å². The van der Waals surface area contributed by atoms with Crippen molar-refractivity contribution >= 4 is 5.97 Å². The number of benzene rings is 2. The van der Waals surface area contributed by atoms with Gasteiger partial charge in [0.2, 0.25) is 6.29 Å². The lowest BCUT2D eigenvalue weighted by Crippen LogP contribution is -2.20. The SMILES string of the molecule is O=C(OCc1cc(F)cc2c1O[C@H](c1ccccc1)OC2)C1CC1. The van der Waals surface area contributed by atoms with Gasteiger partial charge < -0.3 is 14.2 Å². The van der Waals surface area contributed by atoms with Gasteiger partial charge in [0.1, 0.15) is 18.2 Å². The molecule has 1 aliphatic heterocycles. The van der Waals surface area contributed by atoms with Crippen molar-refractivity contribution in [2.24, 2.45) is 5.92 Å². The summed E-state index contributed by atoms with van der Waals surface area (Å²) in [6.45, 7) is 0.257. The average molecular weight is 328 g/mol. The molecule has 4 nitrogen and oxygen atoms in total. The number of carbonyl (C=O) groups is 1. The Bertz CT molecular complexity index is 755. The van der Waals surface area contributed by atoms with Crippen molar-refractivity contribution in [3.8, 4) is 5.75 Å². The summed E-state index contributed by atoms with van der Waals surface area (Å²) < 4.78 is 30.7. The summed E-state index contributed by atoms with van der Waals surface area (Å²) >= 11 is 0. The maximum atomic E-state index is 13.8. The molecule has 24 heavy (non-hydrogen) atoms. The lowest BCUT2D eigenvalue weighted by atomic mass is 10.1. The van der Waals surface area contributed by atoms with Gasteiger partial charge in [-0.3, -0.25) is 4.79 Å². The van der Waals surface area contributed by atoms with Crippen molar-refractivity contribution in [3.63, 3.8) is 0 Å². The van der Waals surface area contributed by atoms with Crippen LogP contribution in [0.3, 0.4) is 0 Å². The molecule has 0 saturated heterocycles. The van der Waals surface area contributed by atoms with Gasteiger partial charge in [-0.25, -0.2) is 4.39 Å². The Morgan fingerprint density at radius 1 is 1.21 bits per heavy atom. The summed E-state index contributed by atoms with van der Waals surface area (Å²) in [7, 11) is 0. The molecule has 0 unspecified atom stereocenters. The molecule has 2 aromatic rings. The average Bonchev–Trinajstić information content (AvgIpc) is 3.45. The maximum absolute atomic E-state index is 13.8. The highest BCUT2D eigenvalue weighted by Gasteiger charge is 2.32. The molecule has 2 aliphatic rings. The Morgan fingerprint density at radius 2 is 2.00 bits per heavy atom. The third-order valence-corrected chi connectivity index (χ3v) is 4.17. The predicted octanol–water partition coefficient (Wildman–Crippen LogP) is 3.89. The first kappa shape index (κ1) is 15.1. The van der Waals surface area contributed by atoms with Gasteiger partial charge >= 0.3 is 5.97 Å². The van der Waals surface area contributed by atoms with Crippen LogP contribution in [0, 0.1) is 11.7 Å². The molecular weight excluding hydrogens is 311 g/mol. The first-order valence-electron chi connectivity index (χ1n) is 8.02. The molecule has 0 aromatic heterocycles. The highest BCUT2D eigenvalue weighted by Crippen LogP contribution is 2.37. The second kappa shape index (κ2) is 6.24. The molecule has 0 N–H and O–H groups in total. The van der Waals surface area contributed by atoms with Crippen molar-refractivity contribution in [1.29, 1.82) is 0 Å². The van der Waals surface area contributed by atoms with Gasteiger partial charge in [0, 0.05) is 16.7 Å². The number of hydrogen-bond donors (Lipinski definition) is 0. The molecule has 5 heteroatoms. The van der Waals surface area contributed by atoms with E-state index in [4.69, 9.17) is 14.2 Å². The number of halogens is 1. The molecular formula is C19H17FO4. The van der Waals surface area contributed by atoms with Gasteiger partial charge in [-0.05, 0) is 25.0 Å². The van der Waals surface area contributed by atoms with E-state index in [0.717, 1.165) is 18.4 Å². The van der Waals surface area contributed by atoms with Gasteiger partial charge in [-0.15, -0.1) is 0 Å². The number of hydrogen-bond acceptors (Lipinski definition) is 4. The van der Waals surface area contributed by atoms with E-state index in [1.165, 1.54) is 12.1 Å². The van der Waals surface area contributed by atoms with Crippen LogP contribution in [-0.2, 0) is 27.5 Å². The zero-order valence-corrected chi connectivity index (χ0v) is 13.0. The van der Waals surface area contributed by atoms with Crippen LogP contribution >= 0.6 is 0 Å². The summed E-state index contributed by atoms with van der Waals surface area (Å²) in [4.78, 5) is 11.7. The third kappa shape index (κ3) is 3.12. The second-order valence-electron chi connectivity index (χ2n) is 6.11. The molecule has 0 radical (unpaired) electrons. The van der Waals surface area contributed by atoms with Crippen LogP contribution in [0.2, 0.25) is 0 Å². The van der Waals surface area contributed by atoms with Crippen molar-refractivity contribution in [3.05, 3.63) is 65.0 Å². The molecule has 0 spiro atoms. The molecule has 1 aliphatic carbocycles. The molecule has 4 rings (SSSR count). The van der Waals surface area contributed by atoms with Crippen molar-refractivity contribution < 1.29 is 23.4 Å². The molecule has 1 fully saturated rings. The minimum absolute atomic E-state index is 0.00991. The van der Waals surface area contributed by atoms with Gasteiger partial charge in [0.05, 0.1) is 12.5 Å². The van der Waals surface area contributed by atoms with Gasteiger partial charge in [-0.2, -0.15) is 0 Å². The highest BCUT2D eigenvalue weighted by atomic mass is 19.1. The summed E-state index contributed by atoms with van der Waals surface area (Å²) in [6, 6.07) is 12.3. The van der Waals surface area contributed by atoms with Crippen LogP contribution in [-0.4, -0.2) is 5.97 Å². The Balaban J connectivity index is 1.57. The van der Waals surface area contributed by atoms with Crippen LogP contribution in [0.25, 0.3) is 0 Å². The first-order valence-corrected chi connectivity index (χ1v) is 8.02. The fraction of sp³-hybridized carbons (Fsp3) is 0.316. The Kier molecular flexibility index (Phi) is 3.94. The van der Waals surface area contributed by atoms with E-state index in [0.29, 0.717) is 16.9 Å². The molecule has 0 amide bonds. The summed E-state index contributed by atoms with van der Waals surface area (Å²) in [6.07, 6.45) is 1.20. The van der Waals surface area contributed by atoms with E-state index in [1.54, 1.807) is 0 Å². The van der Waals surface area contributed by atoms with Crippen molar-refractivity contribution in [1.82, 2.24) is 0 Å². The van der Waals surface area contributed by atoms with Crippen LogP contribution in [0.15, 0.2) is 42.5 Å². The Labute approximate surface area is 139 Å². The molecule has 1 heterocycles. The summed E-state index contributed by atoms with van der Waals surface area (Å²) in [5.74, 6) is -0.0629. The molecule has 0 bridgehead atoms. The molecule has 1 saturated carbocycles. The minimum atomic E-state index is -0.554. The molecule has 124 valence electrons. The minimum Gasteiger partial charge on any atom is -0.460 e. The van der Waals surface area contributed by atoms with E-state index < -0.39 is 12.1 Å². The predicted molar refractivity (Wildman–Crippen MR) is 83.5 cm³/mol. The van der Waals surface area contributed by atoms with E-state index in [9.17, 15) is 9.18 Å². The van der Waals surface area contributed by atoms with E-state index in [2.05, 4.69) is 0 Å². The summed E-state index contributed by atoms with van der Waals surface area (Å²) in [5.41, 5.74) is 2.04. The third-order valence-electron chi connectivity index (χ3n) is 4.17. The van der Waals surface area contributed by atoms with E-state index >= 15 is 0 Å². The first-order chi connectivity index (χ1) is 11.7. The van der Waals surface area contributed by atoms with Gasteiger partial charge in [-0.1, -0.05) is 30.3 Å². The Morgan fingerprint density at radius 3 is 2.75 bits per heavy atom. The topological polar surface area (TPSA) is 44.8 Å². The normalized spacial score (nSPS) is 19.3. The smallest absolute Gasteiger partial charge is 0.309 e. The highest BCUT2D eigenvalue weighted by molar-refractivity contribution is 5.75. The molecule has 1 atom stereocenters. The van der Waals surface area contributed by atoms with Crippen LogP contribution < -0.4 is 4.74 Å². The van der Waals surface area contributed by atoms with Gasteiger partial charge in [0.15, 0.2) is 0 Å². The standard InChI is InChI=1S/C19H17FO4/c20-16-8-14(10-22-18(21)12-6-7-12)17-15(9-16)11-23-19(24-17)13-4-2-1-3-5-13/h1-5,8-9,12,19H,6-7,10-11H2/t19-/m1/s1. The zero-order chi connectivity index (χ0) is 16.5. The number of rotatable bonds is 4. The lowest BCUT2D eigenvalue weighted by molar-refractivity contribution is -0.146. The van der Waals surface area contributed by atoms with Gasteiger partial charge in [0.25, 0.3) is 0 Å². The summed E-state index contributed by atoms with van der Waals surface area (Å²) in [5, 5.41) is 0. The zero-order valence-electron chi connectivity index (χ0n) is 13.0. The monoisotopic (exact) mass is 328 g/mol.